The molecule has 0 spiro atoms. The van der Waals surface area contributed by atoms with Crippen LogP contribution in [-0.2, 0) is 9.53 Å². The van der Waals surface area contributed by atoms with Crippen molar-refractivity contribution < 1.29 is 23.8 Å². The minimum atomic E-state index is -0.907. The lowest BCUT2D eigenvalue weighted by molar-refractivity contribution is -0.119. The Labute approximate surface area is 141 Å². The Morgan fingerprint density at radius 2 is 1.71 bits per heavy atom. The second-order valence-corrected chi connectivity index (χ2v) is 6.73. The molecule has 7 nitrogen and oxygen atoms in total. The Bertz CT molecular complexity index is 632. The molecule has 1 aliphatic rings. The largest absolute Gasteiger partial charge is 0.493 e. The molecule has 0 saturated heterocycles. The van der Waals surface area contributed by atoms with Crippen molar-refractivity contribution in [2.45, 2.75) is 44.8 Å². The zero-order valence-electron chi connectivity index (χ0n) is 14.7. The summed E-state index contributed by atoms with van der Waals surface area (Å²) in [4.78, 5) is 24.4. The fraction of sp³-hybridized carbons (Fsp3) is 0.529. The van der Waals surface area contributed by atoms with Gasteiger partial charge >= 0.3 is 6.09 Å². The van der Waals surface area contributed by atoms with Crippen LogP contribution in [0.1, 0.15) is 33.6 Å². The average Bonchev–Trinajstić information content (AvgIpc) is 3.25. The summed E-state index contributed by atoms with van der Waals surface area (Å²) in [6.45, 7) is 5.32. The van der Waals surface area contributed by atoms with Gasteiger partial charge in [-0.15, -0.1) is 0 Å². The van der Waals surface area contributed by atoms with Crippen LogP contribution in [0.15, 0.2) is 18.2 Å². The molecule has 0 atom stereocenters. The molecular weight excluding hydrogens is 312 g/mol. The SMILES string of the molecule is COc1ccc(NC(=O)C2(NC(=O)OC(C)(C)C)CC2)cc1OC. The predicted molar refractivity (Wildman–Crippen MR) is 89.5 cm³/mol. The molecule has 2 amide bonds. The number of carbonyl (C=O) groups excluding carboxylic acids is 2. The van der Waals surface area contributed by atoms with Gasteiger partial charge in [0.2, 0.25) is 5.91 Å². The number of benzene rings is 1. The van der Waals surface area contributed by atoms with Crippen LogP contribution in [0.25, 0.3) is 0 Å². The molecule has 132 valence electrons. The number of methoxy groups -OCH3 is 2. The van der Waals surface area contributed by atoms with Gasteiger partial charge in [-0.2, -0.15) is 0 Å². The molecule has 24 heavy (non-hydrogen) atoms. The summed E-state index contributed by atoms with van der Waals surface area (Å²) >= 11 is 0. The highest BCUT2D eigenvalue weighted by Crippen LogP contribution is 2.37. The maximum absolute atomic E-state index is 12.5. The minimum Gasteiger partial charge on any atom is -0.493 e. The first-order chi connectivity index (χ1) is 11.2. The van der Waals surface area contributed by atoms with Crippen molar-refractivity contribution in [2.24, 2.45) is 0 Å². The van der Waals surface area contributed by atoms with Gasteiger partial charge in [0.1, 0.15) is 11.1 Å². The van der Waals surface area contributed by atoms with Crippen molar-refractivity contribution in [1.82, 2.24) is 5.32 Å². The monoisotopic (exact) mass is 336 g/mol. The molecule has 1 aromatic carbocycles. The molecule has 0 aromatic heterocycles. The summed E-state index contributed by atoms with van der Waals surface area (Å²) < 4.78 is 15.6. The molecule has 2 N–H and O–H groups in total. The summed E-state index contributed by atoms with van der Waals surface area (Å²) in [5, 5.41) is 5.46. The summed E-state index contributed by atoms with van der Waals surface area (Å²) in [5.74, 6) is 0.810. The number of anilines is 1. The van der Waals surface area contributed by atoms with Crippen LogP contribution in [0, 0.1) is 0 Å². The Morgan fingerprint density at radius 1 is 1.08 bits per heavy atom. The first-order valence-electron chi connectivity index (χ1n) is 7.74. The molecule has 2 rings (SSSR count). The van der Waals surface area contributed by atoms with Crippen molar-refractivity contribution in [3.63, 3.8) is 0 Å². The van der Waals surface area contributed by atoms with Gasteiger partial charge in [-0.1, -0.05) is 0 Å². The van der Waals surface area contributed by atoms with Gasteiger partial charge in [0.05, 0.1) is 14.2 Å². The van der Waals surface area contributed by atoms with Crippen LogP contribution in [0.2, 0.25) is 0 Å². The van der Waals surface area contributed by atoms with Crippen LogP contribution in [0.5, 0.6) is 11.5 Å². The summed E-state index contributed by atoms with van der Waals surface area (Å²) in [6, 6.07) is 5.08. The molecule has 1 aliphatic carbocycles. The molecule has 0 aliphatic heterocycles. The highest BCUT2D eigenvalue weighted by molar-refractivity contribution is 6.02. The van der Waals surface area contributed by atoms with Gasteiger partial charge in [-0.25, -0.2) is 4.79 Å². The van der Waals surface area contributed by atoms with Crippen molar-refractivity contribution in [1.29, 1.82) is 0 Å². The number of nitrogens with one attached hydrogen (secondary N) is 2. The third-order valence-electron chi connectivity index (χ3n) is 3.57. The lowest BCUT2D eigenvalue weighted by atomic mass is 10.2. The molecular formula is C17H24N2O5. The Morgan fingerprint density at radius 3 is 2.21 bits per heavy atom. The van der Waals surface area contributed by atoms with E-state index in [1.165, 1.54) is 7.11 Å². The van der Waals surface area contributed by atoms with E-state index in [-0.39, 0.29) is 5.91 Å². The van der Waals surface area contributed by atoms with Gasteiger partial charge in [0.15, 0.2) is 11.5 Å². The lowest BCUT2D eigenvalue weighted by Gasteiger charge is -2.23. The zero-order valence-corrected chi connectivity index (χ0v) is 14.7. The second-order valence-electron chi connectivity index (χ2n) is 6.73. The molecule has 7 heteroatoms. The van der Waals surface area contributed by atoms with Gasteiger partial charge < -0.3 is 24.8 Å². The molecule has 0 heterocycles. The molecule has 0 unspecified atom stereocenters. The van der Waals surface area contributed by atoms with Crippen LogP contribution < -0.4 is 20.1 Å². The minimum absolute atomic E-state index is 0.277. The third kappa shape index (κ3) is 4.31. The normalized spacial score (nSPS) is 15.2. The third-order valence-corrected chi connectivity index (χ3v) is 3.57. The number of alkyl carbamates (subject to hydrolysis) is 1. The average molecular weight is 336 g/mol. The van der Waals surface area contributed by atoms with E-state index in [2.05, 4.69) is 10.6 Å². The number of hydrogen-bond donors (Lipinski definition) is 2. The van der Waals surface area contributed by atoms with Crippen molar-refractivity contribution in [2.75, 3.05) is 19.5 Å². The van der Waals surface area contributed by atoms with E-state index < -0.39 is 17.2 Å². The van der Waals surface area contributed by atoms with Crippen LogP contribution >= 0.6 is 0 Å². The smallest absolute Gasteiger partial charge is 0.408 e. The standard InChI is InChI=1S/C17H24N2O5/c1-16(2,3)24-15(21)19-17(8-9-17)14(20)18-11-6-7-12(22-4)13(10-11)23-5/h6-7,10H,8-9H2,1-5H3,(H,18,20)(H,19,21). The molecule has 1 fully saturated rings. The van der Waals surface area contributed by atoms with Crippen molar-refractivity contribution in [3.05, 3.63) is 18.2 Å². The number of amides is 2. The lowest BCUT2D eigenvalue weighted by Crippen LogP contribution is -2.47. The fourth-order valence-corrected chi connectivity index (χ4v) is 2.20. The fourth-order valence-electron chi connectivity index (χ4n) is 2.20. The van der Waals surface area contributed by atoms with E-state index in [0.717, 1.165) is 0 Å². The highest BCUT2D eigenvalue weighted by Gasteiger charge is 2.52. The van der Waals surface area contributed by atoms with Gasteiger partial charge in [0.25, 0.3) is 0 Å². The highest BCUT2D eigenvalue weighted by atomic mass is 16.6. The van der Waals surface area contributed by atoms with Gasteiger partial charge in [-0.05, 0) is 45.7 Å². The number of rotatable bonds is 5. The van der Waals surface area contributed by atoms with Crippen molar-refractivity contribution in [3.8, 4) is 11.5 Å². The number of ether oxygens (including phenoxy) is 3. The van der Waals surface area contributed by atoms with E-state index in [4.69, 9.17) is 14.2 Å². The topological polar surface area (TPSA) is 85.9 Å². The predicted octanol–water partition coefficient (Wildman–Crippen LogP) is 2.70. The van der Waals surface area contributed by atoms with Crippen LogP contribution in [0.3, 0.4) is 0 Å². The van der Waals surface area contributed by atoms with E-state index in [1.54, 1.807) is 46.1 Å². The Hall–Kier alpha value is -2.44. The second kappa shape index (κ2) is 6.59. The summed E-state index contributed by atoms with van der Waals surface area (Å²) in [7, 11) is 3.07. The maximum Gasteiger partial charge on any atom is 0.408 e. The van der Waals surface area contributed by atoms with E-state index >= 15 is 0 Å². The van der Waals surface area contributed by atoms with E-state index in [0.29, 0.717) is 30.0 Å². The van der Waals surface area contributed by atoms with Crippen molar-refractivity contribution >= 4 is 17.7 Å². The molecule has 1 saturated carbocycles. The Kier molecular flexibility index (Phi) is 4.91. The molecule has 0 bridgehead atoms. The first kappa shape index (κ1) is 17.9. The van der Waals surface area contributed by atoms with Crippen LogP contribution in [-0.4, -0.2) is 37.4 Å². The first-order valence-corrected chi connectivity index (χ1v) is 7.74. The van der Waals surface area contributed by atoms with E-state index in [9.17, 15) is 9.59 Å². The van der Waals surface area contributed by atoms with Gasteiger partial charge in [-0.3, -0.25) is 4.79 Å². The Balaban J connectivity index is 2.03. The quantitative estimate of drug-likeness (QED) is 0.863. The number of hydrogen-bond acceptors (Lipinski definition) is 5. The maximum atomic E-state index is 12.5. The van der Waals surface area contributed by atoms with Gasteiger partial charge in [0, 0.05) is 11.8 Å². The summed E-state index contributed by atoms with van der Waals surface area (Å²) in [6.07, 6.45) is 0.555. The zero-order chi connectivity index (χ0) is 18.0. The summed E-state index contributed by atoms with van der Waals surface area (Å²) in [5.41, 5.74) is -0.954. The van der Waals surface area contributed by atoms with Crippen LogP contribution in [0.4, 0.5) is 10.5 Å². The molecule has 0 radical (unpaired) electrons. The molecule has 1 aromatic rings. The van der Waals surface area contributed by atoms with E-state index in [1.807, 2.05) is 0 Å². The number of carbonyl (C=O) groups is 2.